The molecule has 9 heteroatoms. The van der Waals surface area contributed by atoms with Crippen molar-refractivity contribution in [2.75, 3.05) is 5.32 Å². The molecule has 0 aliphatic carbocycles. The lowest BCUT2D eigenvalue weighted by molar-refractivity contribution is -0.116. The van der Waals surface area contributed by atoms with Crippen LogP contribution in [0.25, 0.3) is 55.7 Å². The Morgan fingerprint density at radius 3 is 2.74 bits per heavy atom. The molecule has 0 saturated heterocycles. The molecule has 0 bridgehead atoms. The van der Waals surface area contributed by atoms with Crippen molar-refractivity contribution in [3.8, 4) is 33.8 Å². The second-order valence-electron chi connectivity index (χ2n) is 9.12. The Morgan fingerprint density at radius 1 is 0.974 bits per heavy atom. The molecular weight excluding hydrogens is 481 g/mol. The topological polar surface area (TPSA) is 112 Å². The van der Waals surface area contributed by atoms with E-state index in [1.165, 1.54) is 12.1 Å². The number of unbranched alkanes of at least 4 members (excludes halogenated alkanes) is 1. The molecule has 5 aromatic heterocycles. The molecule has 38 heavy (non-hydrogen) atoms. The molecule has 6 aromatic rings. The molecule has 0 aliphatic heterocycles. The summed E-state index contributed by atoms with van der Waals surface area (Å²) in [6.45, 7) is 2.05. The fraction of sp³-hybridized carbons (Fsp3) is 0.138. The number of nitrogens with zero attached hydrogens (tertiary/aromatic N) is 4. The predicted molar refractivity (Wildman–Crippen MR) is 146 cm³/mol. The summed E-state index contributed by atoms with van der Waals surface area (Å²) in [4.78, 5) is 29.1. The molecule has 1 aromatic carbocycles. The fourth-order valence-corrected chi connectivity index (χ4v) is 4.52. The Kier molecular flexibility index (Phi) is 6.09. The lowest BCUT2D eigenvalue weighted by atomic mass is 10.0. The second-order valence-corrected chi connectivity index (χ2v) is 9.12. The summed E-state index contributed by atoms with van der Waals surface area (Å²) in [6.07, 6.45) is 9.09. The minimum atomic E-state index is -0.302. The standard InChI is InChI=1S/C29H24FN7O/c1-2-3-7-27(38)33-20-11-18(13-31-14-20)23-8-9-24-28(35-23)29(37-36-24)25-12-21-22(15-32-16-26(21)34-25)17-5-4-6-19(30)10-17/h4-6,8-16,34H,2-3,7H2,1H3,(H,33,38)(H,36,37). The SMILES string of the molecule is CCCCC(=O)Nc1cncc(-c2ccc3[nH]nc(-c4cc5c(-c6cccc(F)c6)cncc5[nH]4)c3n2)c1. The van der Waals surface area contributed by atoms with Crippen molar-refractivity contribution in [2.45, 2.75) is 26.2 Å². The Labute approximate surface area is 217 Å². The van der Waals surface area contributed by atoms with Gasteiger partial charge >= 0.3 is 0 Å². The van der Waals surface area contributed by atoms with Crippen molar-refractivity contribution in [3.63, 3.8) is 0 Å². The first-order chi connectivity index (χ1) is 18.6. The average molecular weight is 506 g/mol. The molecule has 0 aliphatic rings. The summed E-state index contributed by atoms with van der Waals surface area (Å²) in [5, 5.41) is 11.4. The maximum absolute atomic E-state index is 13.9. The van der Waals surface area contributed by atoms with Crippen molar-refractivity contribution < 1.29 is 9.18 Å². The third-order valence-electron chi connectivity index (χ3n) is 6.42. The van der Waals surface area contributed by atoms with E-state index in [2.05, 4.69) is 37.4 Å². The number of aromatic amines is 2. The lowest BCUT2D eigenvalue weighted by Gasteiger charge is -2.07. The fourth-order valence-electron chi connectivity index (χ4n) is 4.52. The van der Waals surface area contributed by atoms with E-state index in [9.17, 15) is 9.18 Å². The van der Waals surface area contributed by atoms with Gasteiger partial charge in [0.15, 0.2) is 0 Å². The smallest absolute Gasteiger partial charge is 0.224 e. The van der Waals surface area contributed by atoms with Gasteiger partial charge in [0.25, 0.3) is 0 Å². The average Bonchev–Trinajstić information content (AvgIpc) is 3.55. The van der Waals surface area contributed by atoms with Crippen LogP contribution in [0.2, 0.25) is 0 Å². The van der Waals surface area contributed by atoms with Crippen LogP contribution in [0.15, 0.2) is 73.3 Å². The molecule has 0 unspecified atom stereocenters. The van der Waals surface area contributed by atoms with Crippen LogP contribution >= 0.6 is 0 Å². The first-order valence-corrected chi connectivity index (χ1v) is 12.4. The Morgan fingerprint density at radius 2 is 1.87 bits per heavy atom. The summed E-state index contributed by atoms with van der Waals surface area (Å²) >= 11 is 0. The predicted octanol–water partition coefficient (Wildman–Crippen LogP) is 6.50. The van der Waals surface area contributed by atoms with Crippen molar-refractivity contribution in [1.82, 2.24) is 30.1 Å². The third-order valence-corrected chi connectivity index (χ3v) is 6.42. The van der Waals surface area contributed by atoms with E-state index in [0.717, 1.165) is 51.6 Å². The molecule has 1 amide bonds. The minimum Gasteiger partial charge on any atom is -0.352 e. The van der Waals surface area contributed by atoms with E-state index in [1.807, 2.05) is 30.3 Å². The number of aromatic nitrogens is 6. The molecule has 0 fully saturated rings. The normalized spacial score (nSPS) is 11.3. The van der Waals surface area contributed by atoms with Crippen molar-refractivity contribution in [2.24, 2.45) is 0 Å². The molecule has 0 saturated carbocycles. The number of fused-ring (bicyclic) bond motifs is 2. The van der Waals surface area contributed by atoms with Crippen LogP contribution in [0.1, 0.15) is 26.2 Å². The Hall–Kier alpha value is -4.92. The van der Waals surface area contributed by atoms with Crippen LogP contribution in [0.4, 0.5) is 10.1 Å². The number of carbonyl (C=O) groups is 1. The second kappa shape index (κ2) is 9.85. The molecule has 0 atom stereocenters. The van der Waals surface area contributed by atoms with Crippen LogP contribution in [0.3, 0.4) is 0 Å². The van der Waals surface area contributed by atoms with Gasteiger partial charge in [0.1, 0.15) is 17.0 Å². The van der Waals surface area contributed by atoms with Gasteiger partial charge in [-0.3, -0.25) is 19.9 Å². The van der Waals surface area contributed by atoms with Crippen LogP contribution in [0.5, 0.6) is 0 Å². The number of anilines is 1. The van der Waals surface area contributed by atoms with Gasteiger partial charge < -0.3 is 10.3 Å². The molecule has 8 nitrogen and oxygen atoms in total. The Bertz CT molecular complexity index is 1790. The number of amides is 1. The van der Waals surface area contributed by atoms with Crippen molar-refractivity contribution in [3.05, 3.63) is 79.1 Å². The maximum Gasteiger partial charge on any atom is 0.224 e. The van der Waals surface area contributed by atoms with Gasteiger partial charge in [-0.05, 0) is 48.4 Å². The number of H-pyrrole nitrogens is 2. The zero-order valence-corrected chi connectivity index (χ0v) is 20.6. The molecule has 6 rings (SSSR count). The summed E-state index contributed by atoms with van der Waals surface area (Å²) in [7, 11) is 0. The number of halogens is 1. The van der Waals surface area contributed by atoms with Crippen LogP contribution in [-0.4, -0.2) is 36.0 Å². The largest absolute Gasteiger partial charge is 0.352 e. The van der Waals surface area contributed by atoms with Gasteiger partial charge in [-0.25, -0.2) is 9.37 Å². The number of pyridine rings is 3. The van der Waals surface area contributed by atoms with E-state index < -0.39 is 0 Å². The highest BCUT2D eigenvalue weighted by molar-refractivity contribution is 6.00. The number of hydrogen-bond donors (Lipinski definition) is 3. The monoisotopic (exact) mass is 505 g/mol. The van der Waals surface area contributed by atoms with E-state index in [0.29, 0.717) is 29.0 Å². The summed E-state index contributed by atoms with van der Waals surface area (Å²) in [5.41, 5.74) is 7.37. The Balaban J connectivity index is 1.37. The van der Waals surface area contributed by atoms with Gasteiger partial charge in [-0.1, -0.05) is 25.5 Å². The van der Waals surface area contributed by atoms with Gasteiger partial charge in [0.2, 0.25) is 5.91 Å². The first-order valence-electron chi connectivity index (χ1n) is 12.4. The van der Waals surface area contributed by atoms with Gasteiger partial charge in [-0.2, -0.15) is 5.10 Å². The maximum atomic E-state index is 13.9. The molecule has 188 valence electrons. The van der Waals surface area contributed by atoms with Crippen LogP contribution < -0.4 is 5.32 Å². The molecule has 3 N–H and O–H groups in total. The van der Waals surface area contributed by atoms with Gasteiger partial charge in [0.05, 0.1) is 40.5 Å². The van der Waals surface area contributed by atoms with E-state index in [4.69, 9.17) is 4.98 Å². The molecule has 0 spiro atoms. The van der Waals surface area contributed by atoms with Gasteiger partial charge in [0, 0.05) is 35.3 Å². The molecule has 0 radical (unpaired) electrons. The van der Waals surface area contributed by atoms with Crippen LogP contribution in [-0.2, 0) is 4.79 Å². The number of nitrogens with one attached hydrogen (secondary N) is 3. The van der Waals surface area contributed by atoms with E-state index in [1.54, 1.807) is 30.9 Å². The van der Waals surface area contributed by atoms with E-state index in [-0.39, 0.29) is 11.7 Å². The highest BCUT2D eigenvalue weighted by atomic mass is 19.1. The lowest BCUT2D eigenvalue weighted by Crippen LogP contribution is -2.11. The summed E-state index contributed by atoms with van der Waals surface area (Å²) in [5.74, 6) is -0.332. The van der Waals surface area contributed by atoms with Crippen molar-refractivity contribution in [1.29, 1.82) is 0 Å². The summed E-state index contributed by atoms with van der Waals surface area (Å²) < 4.78 is 13.9. The van der Waals surface area contributed by atoms with Crippen LogP contribution in [0, 0.1) is 5.82 Å². The zero-order chi connectivity index (χ0) is 26.1. The first kappa shape index (κ1) is 23.5. The van der Waals surface area contributed by atoms with Gasteiger partial charge in [-0.15, -0.1) is 0 Å². The number of carbonyl (C=O) groups excluding carboxylic acids is 1. The third kappa shape index (κ3) is 4.50. The highest BCUT2D eigenvalue weighted by Gasteiger charge is 2.16. The zero-order valence-electron chi connectivity index (χ0n) is 20.6. The van der Waals surface area contributed by atoms with E-state index >= 15 is 0 Å². The quantitative estimate of drug-likeness (QED) is 0.229. The number of rotatable bonds is 7. The molecular formula is C29H24FN7O. The van der Waals surface area contributed by atoms with Crippen molar-refractivity contribution >= 4 is 33.5 Å². The number of hydrogen-bond acceptors (Lipinski definition) is 5. The summed E-state index contributed by atoms with van der Waals surface area (Å²) in [6, 6.07) is 14.1. The highest BCUT2D eigenvalue weighted by Crippen LogP contribution is 2.34. The molecule has 5 heterocycles. The number of benzene rings is 1. The minimum absolute atomic E-state index is 0.0303.